The van der Waals surface area contributed by atoms with Crippen LogP contribution in [0.4, 0.5) is 0 Å². The number of benzene rings is 2. The maximum atomic E-state index is 12.2. The van der Waals surface area contributed by atoms with Crippen molar-refractivity contribution in [2.24, 2.45) is 0 Å². The molecule has 6 heteroatoms. The highest BCUT2D eigenvalue weighted by atomic mass is 16.5. The van der Waals surface area contributed by atoms with Crippen molar-refractivity contribution >= 4 is 34.6 Å². The molecule has 1 aliphatic rings. The normalized spacial score (nSPS) is 14.9. The number of aromatic amines is 1. The zero-order chi connectivity index (χ0) is 22.9. The van der Waals surface area contributed by atoms with Crippen molar-refractivity contribution in [3.8, 4) is 5.75 Å². The highest BCUT2D eigenvalue weighted by Crippen LogP contribution is 2.16. The van der Waals surface area contributed by atoms with Gasteiger partial charge in [-0.2, -0.15) is 0 Å². The maximum absolute atomic E-state index is 12.2. The van der Waals surface area contributed by atoms with E-state index >= 15 is 0 Å². The first-order valence-corrected chi connectivity index (χ1v) is 11.2. The van der Waals surface area contributed by atoms with Crippen LogP contribution in [0.3, 0.4) is 0 Å². The minimum absolute atomic E-state index is 0.159. The lowest BCUT2D eigenvalue weighted by atomic mass is 10.1. The molecular formula is C27H28N2O4. The van der Waals surface area contributed by atoms with Crippen LogP contribution in [-0.4, -0.2) is 60.9 Å². The Labute approximate surface area is 193 Å². The van der Waals surface area contributed by atoms with Crippen molar-refractivity contribution in [1.82, 2.24) is 9.88 Å². The molecule has 2 heterocycles. The number of ketones is 2. The predicted octanol–water partition coefficient (Wildman–Crippen LogP) is 4.13. The smallest absolute Gasteiger partial charge is 0.163 e. The van der Waals surface area contributed by atoms with Gasteiger partial charge in [0.1, 0.15) is 12.4 Å². The minimum Gasteiger partial charge on any atom is -0.492 e. The van der Waals surface area contributed by atoms with Crippen molar-refractivity contribution in [2.45, 2.75) is 6.42 Å². The molecule has 1 fully saturated rings. The fourth-order valence-electron chi connectivity index (χ4n) is 3.66. The SMILES string of the molecule is O=C(/C=C/c1cccc(OCCN2CCOCC2)c1)CC(=O)/C=C/c1ccc2cc[nH]c2c1. The molecule has 1 N–H and O–H groups in total. The Balaban J connectivity index is 1.24. The molecule has 0 atom stereocenters. The Morgan fingerprint density at radius 1 is 0.970 bits per heavy atom. The number of carbonyl (C=O) groups excluding carboxylic acids is 2. The second kappa shape index (κ2) is 11.4. The van der Waals surface area contributed by atoms with Crippen LogP contribution in [0.25, 0.3) is 23.1 Å². The monoisotopic (exact) mass is 444 g/mol. The first-order valence-electron chi connectivity index (χ1n) is 11.2. The van der Waals surface area contributed by atoms with Gasteiger partial charge in [0.15, 0.2) is 11.6 Å². The van der Waals surface area contributed by atoms with Gasteiger partial charge in [0, 0.05) is 31.3 Å². The fourth-order valence-corrected chi connectivity index (χ4v) is 3.66. The summed E-state index contributed by atoms with van der Waals surface area (Å²) in [6.07, 6.45) is 8.07. The van der Waals surface area contributed by atoms with Gasteiger partial charge in [0.2, 0.25) is 0 Å². The van der Waals surface area contributed by atoms with Crippen LogP contribution in [0.1, 0.15) is 17.5 Å². The van der Waals surface area contributed by atoms with E-state index in [1.165, 1.54) is 12.2 Å². The average molecular weight is 445 g/mol. The van der Waals surface area contributed by atoms with Crippen molar-refractivity contribution in [3.63, 3.8) is 0 Å². The molecule has 0 aliphatic carbocycles. The molecule has 0 bridgehead atoms. The van der Waals surface area contributed by atoms with Crippen LogP contribution in [-0.2, 0) is 14.3 Å². The van der Waals surface area contributed by atoms with E-state index in [1.54, 1.807) is 12.2 Å². The van der Waals surface area contributed by atoms with Crippen LogP contribution < -0.4 is 4.74 Å². The molecule has 6 nitrogen and oxygen atoms in total. The van der Waals surface area contributed by atoms with E-state index in [-0.39, 0.29) is 18.0 Å². The summed E-state index contributed by atoms with van der Waals surface area (Å²) in [6.45, 7) is 4.88. The topological polar surface area (TPSA) is 71.6 Å². The second-order valence-corrected chi connectivity index (χ2v) is 7.98. The third-order valence-corrected chi connectivity index (χ3v) is 5.49. The predicted molar refractivity (Wildman–Crippen MR) is 130 cm³/mol. The molecule has 0 radical (unpaired) electrons. The van der Waals surface area contributed by atoms with Crippen LogP contribution in [0.2, 0.25) is 0 Å². The Morgan fingerprint density at radius 2 is 1.73 bits per heavy atom. The Kier molecular flexibility index (Phi) is 7.85. The van der Waals surface area contributed by atoms with Gasteiger partial charge in [0.25, 0.3) is 0 Å². The lowest BCUT2D eigenvalue weighted by Crippen LogP contribution is -2.38. The zero-order valence-electron chi connectivity index (χ0n) is 18.5. The number of hydrogen-bond donors (Lipinski definition) is 1. The number of hydrogen-bond acceptors (Lipinski definition) is 5. The summed E-state index contributed by atoms with van der Waals surface area (Å²) >= 11 is 0. The quantitative estimate of drug-likeness (QED) is 0.376. The summed E-state index contributed by atoms with van der Waals surface area (Å²) in [5.41, 5.74) is 2.78. The standard InChI is InChI=1S/C27H28N2O4/c30-24(20-25(31)9-6-22-4-7-23-10-11-28-27(23)19-22)8-5-21-2-1-3-26(18-21)33-17-14-29-12-15-32-16-13-29/h1-11,18-19,28H,12-17,20H2/b8-5+,9-6+. The lowest BCUT2D eigenvalue weighted by Gasteiger charge is -2.26. The molecule has 4 rings (SSSR count). The molecule has 1 aromatic heterocycles. The first kappa shape index (κ1) is 22.7. The van der Waals surface area contributed by atoms with E-state index in [4.69, 9.17) is 9.47 Å². The zero-order valence-corrected chi connectivity index (χ0v) is 18.5. The van der Waals surface area contributed by atoms with E-state index in [0.717, 1.165) is 60.6 Å². The van der Waals surface area contributed by atoms with Crippen molar-refractivity contribution in [2.75, 3.05) is 39.5 Å². The first-order chi connectivity index (χ1) is 16.2. The third kappa shape index (κ3) is 7.00. The van der Waals surface area contributed by atoms with Gasteiger partial charge in [-0.15, -0.1) is 0 Å². The number of carbonyl (C=O) groups is 2. The Bertz CT molecular complexity index is 1160. The summed E-state index contributed by atoms with van der Waals surface area (Å²) in [4.78, 5) is 29.8. The van der Waals surface area contributed by atoms with E-state index in [2.05, 4.69) is 9.88 Å². The molecule has 3 aromatic rings. The van der Waals surface area contributed by atoms with Crippen LogP contribution in [0, 0.1) is 0 Å². The molecule has 0 unspecified atom stereocenters. The number of nitrogens with zero attached hydrogens (tertiary/aromatic N) is 1. The summed E-state index contributed by atoms with van der Waals surface area (Å²) in [5.74, 6) is 0.301. The van der Waals surface area contributed by atoms with Crippen LogP contribution >= 0.6 is 0 Å². The number of H-pyrrole nitrogens is 1. The molecule has 0 spiro atoms. The largest absolute Gasteiger partial charge is 0.492 e. The number of rotatable bonds is 10. The maximum Gasteiger partial charge on any atom is 0.163 e. The number of morpholine rings is 1. The van der Waals surface area contributed by atoms with Gasteiger partial charge in [-0.05, 0) is 52.9 Å². The summed E-state index contributed by atoms with van der Waals surface area (Å²) in [6, 6.07) is 15.5. The number of nitrogens with one attached hydrogen (secondary N) is 1. The minimum atomic E-state index is -0.233. The van der Waals surface area contributed by atoms with Crippen molar-refractivity contribution in [1.29, 1.82) is 0 Å². The van der Waals surface area contributed by atoms with Gasteiger partial charge in [-0.3, -0.25) is 14.5 Å². The number of ether oxygens (including phenoxy) is 2. The van der Waals surface area contributed by atoms with Gasteiger partial charge in [-0.25, -0.2) is 0 Å². The second-order valence-electron chi connectivity index (χ2n) is 7.98. The van der Waals surface area contributed by atoms with Crippen molar-refractivity contribution in [3.05, 3.63) is 78.0 Å². The summed E-state index contributed by atoms with van der Waals surface area (Å²) in [5, 5.41) is 1.12. The molecule has 0 amide bonds. The Morgan fingerprint density at radius 3 is 2.52 bits per heavy atom. The van der Waals surface area contributed by atoms with E-state index in [0.29, 0.717) is 6.61 Å². The number of allylic oxidation sites excluding steroid dienone is 2. The highest BCUT2D eigenvalue weighted by molar-refractivity contribution is 6.11. The van der Waals surface area contributed by atoms with Crippen molar-refractivity contribution < 1.29 is 19.1 Å². The molecule has 33 heavy (non-hydrogen) atoms. The average Bonchev–Trinajstić information content (AvgIpc) is 3.30. The van der Waals surface area contributed by atoms with Gasteiger partial charge < -0.3 is 14.5 Å². The Hall–Kier alpha value is -3.48. The molecule has 0 saturated carbocycles. The molecule has 170 valence electrons. The van der Waals surface area contributed by atoms with Gasteiger partial charge in [0.05, 0.1) is 19.6 Å². The fraction of sp³-hybridized carbons (Fsp3) is 0.259. The molecule has 2 aromatic carbocycles. The third-order valence-electron chi connectivity index (χ3n) is 5.49. The van der Waals surface area contributed by atoms with Gasteiger partial charge >= 0.3 is 0 Å². The van der Waals surface area contributed by atoms with E-state index < -0.39 is 0 Å². The van der Waals surface area contributed by atoms with Crippen LogP contribution in [0.15, 0.2) is 66.9 Å². The highest BCUT2D eigenvalue weighted by Gasteiger charge is 2.10. The number of fused-ring (bicyclic) bond motifs is 1. The molecule has 1 aliphatic heterocycles. The summed E-state index contributed by atoms with van der Waals surface area (Å²) < 4.78 is 11.2. The van der Waals surface area contributed by atoms with E-state index in [9.17, 15) is 9.59 Å². The molecule has 1 saturated heterocycles. The molecular weight excluding hydrogens is 416 g/mol. The van der Waals surface area contributed by atoms with Crippen LogP contribution in [0.5, 0.6) is 5.75 Å². The lowest BCUT2D eigenvalue weighted by molar-refractivity contribution is -0.121. The van der Waals surface area contributed by atoms with E-state index in [1.807, 2.05) is 54.7 Å². The summed E-state index contributed by atoms with van der Waals surface area (Å²) in [7, 11) is 0. The number of aromatic nitrogens is 1. The van der Waals surface area contributed by atoms with Gasteiger partial charge in [-0.1, -0.05) is 36.4 Å².